The van der Waals surface area contributed by atoms with Crippen molar-refractivity contribution < 1.29 is 19.1 Å². The lowest BCUT2D eigenvalue weighted by atomic mass is 10.0. The van der Waals surface area contributed by atoms with Crippen LogP contribution in [0, 0.1) is 5.92 Å². The van der Waals surface area contributed by atoms with Crippen LogP contribution < -0.4 is 14.8 Å². The van der Waals surface area contributed by atoms with Gasteiger partial charge < -0.3 is 19.7 Å². The topological polar surface area (TPSA) is 67.9 Å². The Bertz CT molecular complexity index is 867. The van der Waals surface area contributed by atoms with Crippen LogP contribution in [0.2, 0.25) is 0 Å². The number of para-hydroxylation sites is 1. The number of benzene rings is 2. The number of amides is 2. The molecule has 1 atom stereocenters. The molecule has 0 bridgehead atoms. The Kier molecular flexibility index (Phi) is 7.33. The minimum Gasteiger partial charge on any atom is -0.486 e. The summed E-state index contributed by atoms with van der Waals surface area (Å²) in [5, 5.41) is 2.94. The highest BCUT2D eigenvalue weighted by Gasteiger charge is 2.29. The molecule has 1 heterocycles. The molecule has 160 valence electrons. The molecule has 0 spiro atoms. The number of ether oxygens (including phenoxy) is 2. The molecule has 2 aromatic rings. The fourth-order valence-electron chi connectivity index (χ4n) is 3.53. The van der Waals surface area contributed by atoms with Gasteiger partial charge in [-0.1, -0.05) is 56.3 Å². The van der Waals surface area contributed by atoms with Crippen molar-refractivity contribution >= 4 is 11.8 Å². The normalized spacial score (nSPS) is 13.6. The number of rotatable bonds is 8. The molecule has 1 N–H and O–H groups in total. The van der Waals surface area contributed by atoms with E-state index in [4.69, 9.17) is 9.47 Å². The molecule has 2 aromatic carbocycles. The zero-order valence-corrected chi connectivity index (χ0v) is 17.9. The Balaban J connectivity index is 1.71. The van der Waals surface area contributed by atoms with Crippen LogP contribution >= 0.6 is 0 Å². The van der Waals surface area contributed by atoms with Gasteiger partial charge in [0.25, 0.3) is 0 Å². The van der Waals surface area contributed by atoms with Crippen molar-refractivity contribution in [2.45, 2.75) is 39.8 Å². The van der Waals surface area contributed by atoms with Gasteiger partial charge in [0, 0.05) is 18.7 Å². The molecule has 1 unspecified atom stereocenters. The lowest BCUT2D eigenvalue weighted by Gasteiger charge is -2.30. The van der Waals surface area contributed by atoms with Crippen molar-refractivity contribution in [3.63, 3.8) is 0 Å². The van der Waals surface area contributed by atoms with Crippen LogP contribution in [0.25, 0.3) is 0 Å². The second-order valence-corrected chi connectivity index (χ2v) is 7.75. The van der Waals surface area contributed by atoms with Crippen molar-refractivity contribution in [3.05, 3.63) is 59.7 Å². The van der Waals surface area contributed by atoms with E-state index in [1.807, 2.05) is 69.3 Å². The zero-order chi connectivity index (χ0) is 21.5. The Hall–Kier alpha value is -3.02. The fraction of sp³-hybridized carbons (Fsp3) is 0.417. The number of hydrogen-bond acceptors (Lipinski definition) is 4. The average Bonchev–Trinajstić information content (AvgIpc) is 2.76. The smallest absolute Gasteiger partial charge is 0.245 e. The first-order chi connectivity index (χ1) is 14.5. The summed E-state index contributed by atoms with van der Waals surface area (Å²) in [6.45, 7) is 7.78. The third-order valence-electron chi connectivity index (χ3n) is 5.16. The van der Waals surface area contributed by atoms with Gasteiger partial charge in [0.15, 0.2) is 11.5 Å². The highest BCUT2D eigenvalue weighted by Crippen LogP contribution is 2.34. The Morgan fingerprint density at radius 2 is 1.77 bits per heavy atom. The number of carbonyl (C=O) groups excluding carboxylic acids is 2. The first kappa shape index (κ1) is 21.7. The van der Waals surface area contributed by atoms with Crippen LogP contribution in [-0.4, -0.2) is 42.5 Å². The minimum absolute atomic E-state index is 0.0319. The van der Waals surface area contributed by atoms with Gasteiger partial charge in [-0.2, -0.15) is 0 Å². The van der Waals surface area contributed by atoms with E-state index in [0.29, 0.717) is 37.8 Å². The van der Waals surface area contributed by atoms with E-state index in [0.717, 1.165) is 11.1 Å². The van der Waals surface area contributed by atoms with Crippen LogP contribution in [0.15, 0.2) is 48.5 Å². The van der Waals surface area contributed by atoms with Gasteiger partial charge in [-0.05, 0) is 24.5 Å². The maximum Gasteiger partial charge on any atom is 0.245 e. The van der Waals surface area contributed by atoms with Gasteiger partial charge in [0.1, 0.15) is 19.3 Å². The van der Waals surface area contributed by atoms with Gasteiger partial charge in [0.2, 0.25) is 11.8 Å². The monoisotopic (exact) mass is 410 g/mol. The molecule has 0 aliphatic carbocycles. The molecule has 6 heteroatoms. The first-order valence-corrected chi connectivity index (χ1v) is 10.5. The van der Waals surface area contributed by atoms with E-state index < -0.39 is 6.04 Å². The molecule has 0 saturated carbocycles. The summed E-state index contributed by atoms with van der Waals surface area (Å²) in [5.41, 5.74) is 1.82. The van der Waals surface area contributed by atoms with Gasteiger partial charge in [-0.15, -0.1) is 0 Å². The molecule has 0 saturated heterocycles. The summed E-state index contributed by atoms with van der Waals surface area (Å²) < 4.78 is 11.4. The summed E-state index contributed by atoms with van der Waals surface area (Å²) in [7, 11) is 0. The molecule has 1 aliphatic heterocycles. The lowest BCUT2D eigenvalue weighted by molar-refractivity contribution is -0.138. The van der Waals surface area contributed by atoms with Crippen LogP contribution in [-0.2, 0) is 22.6 Å². The standard InChI is InChI=1S/C24H30N2O4/c1-4-26(16-19-11-8-12-20-23(19)30-14-13-29-20)24(28)22(17(2)3)25-21(27)15-18-9-6-5-7-10-18/h5-12,17,22H,4,13-16H2,1-3H3,(H,25,27). The molecular formula is C24H30N2O4. The summed E-state index contributed by atoms with van der Waals surface area (Å²) >= 11 is 0. The molecule has 0 fully saturated rings. The summed E-state index contributed by atoms with van der Waals surface area (Å²) in [5.74, 6) is 1.12. The first-order valence-electron chi connectivity index (χ1n) is 10.5. The van der Waals surface area contributed by atoms with Crippen molar-refractivity contribution in [2.75, 3.05) is 19.8 Å². The van der Waals surface area contributed by atoms with E-state index in [1.165, 1.54) is 0 Å². The third-order valence-corrected chi connectivity index (χ3v) is 5.16. The zero-order valence-electron chi connectivity index (χ0n) is 17.9. The molecule has 1 aliphatic rings. The minimum atomic E-state index is -0.585. The van der Waals surface area contributed by atoms with Gasteiger partial charge in [-0.3, -0.25) is 9.59 Å². The average molecular weight is 411 g/mol. The molecule has 3 rings (SSSR count). The maximum atomic E-state index is 13.3. The number of nitrogens with one attached hydrogen (secondary N) is 1. The fourth-order valence-corrected chi connectivity index (χ4v) is 3.53. The predicted octanol–water partition coefficient (Wildman–Crippen LogP) is 3.19. The largest absolute Gasteiger partial charge is 0.486 e. The van der Waals surface area contributed by atoms with Crippen molar-refractivity contribution in [2.24, 2.45) is 5.92 Å². The Labute approximate surface area is 178 Å². The predicted molar refractivity (Wildman–Crippen MR) is 115 cm³/mol. The van der Waals surface area contributed by atoms with Crippen molar-refractivity contribution in [1.29, 1.82) is 0 Å². The highest BCUT2D eigenvalue weighted by atomic mass is 16.6. The second-order valence-electron chi connectivity index (χ2n) is 7.75. The second kappa shape index (κ2) is 10.1. The Morgan fingerprint density at radius 3 is 2.47 bits per heavy atom. The molecular weight excluding hydrogens is 380 g/mol. The highest BCUT2D eigenvalue weighted by molar-refractivity contribution is 5.88. The quantitative estimate of drug-likeness (QED) is 0.726. The molecule has 6 nitrogen and oxygen atoms in total. The summed E-state index contributed by atoms with van der Waals surface area (Å²) in [4.78, 5) is 27.6. The van der Waals surface area contributed by atoms with Crippen LogP contribution in [0.5, 0.6) is 11.5 Å². The van der Waals surface area contributed by atoms with E-state index in [9.17, 15) is 9.59 Å². The number of fused-ring (bicyclic) bond motifs is 1. The summed E-state index contributed by atoms with van der Waals surface area (Å²) in [6, 6.07) is 14.7. The SMILES string of the molecule is CCN(Cc1cccc2c1OCCO2)C(=O)C(NC(=O)Cc1ccccc1)C(C)C. The van der Waals surface area contributed by atoms with E-state index in [1.54, 1.807) is 4.90 Å². The number of nitrogens with zero attached hydrogens (tertiary/aromatic N) is 1. The third kappa shape index (κ3) is 5.32. The van der Waals surface area contributed by atoms with Crippen LogP contribution in [0.4, 0.5) is 0 Å². The van der Waals surface area contributed by atoms with Crippen molar-refractivity contribution in [1.82, 2.24) is 10.2 Å². The van der Waals surface area contributed by atoms with E-state index in [-0.39, 0.29) is 24.2 Å². The number of carbonyl (C=O) groups is 2. The van der Waals surface area contributed by atoms with E-state index in [2.05, 4.69) is 5.32 Å². The molecule has 2 amide bonds. The Morgan fingerprint density at radius 1 is 1.03 bits per heavy atom. The lowest BCUT2D eigenvalue weighted by Crippen LogP contribution is -2.51. The van der Waals surface area contributed by atoms with Crippen LogP contribution in [0.1, 0.15) is 31.9 Å². The van der Waals surface area contributed by atoms with E-state index >= 15 is 0 Å². The van der Waals surface area contributed by atoms with Crippen LogP contribution in [0.3, 0.4) is 0 Å². The molecule has 0 radical (unpaired) electrons. The molecule has 0 aromatic heterocycles. The molecule has 30 heavy (non-hydrogen) atoms. The maximum absolute atomic E-state index is 13.3. The van der Waals surface area contributed by atoms with Gasteiger partial charge in [-0.25, -0.2) is 0 Å². The van der Waals surface area contributed by atoms with Crippen molar-refractivity contribution in [3.8, 4) is 11.5 Å². The number of hydrogen-bond donors (Lipinski definition) is 1. The van der Waals surface area contributed by atoms with Gasteiger partial charge >= 0.3 is 0 Å². The van der Waals surface area contributed by atoms with Gasteiger partial charge in [0.05, 0.1) is 6.42 Å². The number of likely N-dealkylation sites (N-methyl/N-ethyl adjacent to an activating group) is 1. The summed E-state index contributed by atoms with van der Waals surface area (Å²) in [6.07, 6.45) is 0.251.